The molecule has 1 atom stereocenters. The van der Waals surface area contributed by atoms with E-state index in [2.05, 4.69) is 27.3 Å². The first-order valence-electron chi connectivity index (χ1n) is 10.7. The Balaban J connectivity index is 1.72. The van der Waals surface area contributed by atoms with Gasteiger partial charge in [-0.2, -0.15) is 5.26 Å². The van der Waals surface area contributed by atoms with Crippen LogP contribution in [0.2, 0.25) is 0 Å². The monoisotopic (exact) mass is 531 g/mol. The zero-order chi connectivity index (χ0) is 24.2. The molecule has 0 saturated carbocycles. The molecule has 0 aromatic heterocycles. The van der Waals surface area contributed by atoms with Crippen LogP contribution < -0.4 is 10.2 Å². The van der Waals surface area contributed by atoms with Crippen molar-refractivity contribution in [2.45, 2.75) is 25.5 Å². The fourth-order valence-electron chi connectivity index (χ4n) is 3.70. The number of anilines is 2. The summed E-state index contributed by atoms with van der Waals surface area (Å²) in [4.78, 5) is 28.2. The molecule has 0 spiro atoms. The van der Waals surface area contributed by atoms with Crippen molar-refractivity contribution in [2.75, 3.05) is 10.2 Å². The second-order valence-corrected chi connectivity index (χ2v) is 10.2. The lowest BCUT2D eigenvalue weighted by Gasteiger charge is -2.19. The Morgan fingerprint density at radius 1 is 1.06 bits per heavy atom. The standard InChI is InChI=1S/C27H22BrN3O2S/c1-17-6-12-22(13-7-17)31-26(33)24(15-19-5-3-4-18(2)14-19)34-27(31)23(16-29)25(32)30-21-10-8-20(28)9-11-21/h3-14,24H,15H2,1-2H3,(H,30,32). The van der Waals surface area contributed by atoms with Gasteiger partial charge in [0.1, 0.15) is 16.7 Å². The molecule has 1 N–H and O–H groups in total. The zero-order valence-electron chi connectivity index (χ0n) is 18.7. The molecule has 3 aromatic carbocycles. The summed E-state index contributed by atoms with van der Waals surface area (Å²) in [5, 5.41) is 12.6. The summed E-state index contributed by atoms with van der Waals surface area (Å²) in [6.45, 7) is 3.98. The molecule has 34 heavy (non-hydrogen) atoms. The van der Waals surface area contributed by atoms with Crippen molar-refractivity contribution >= 4 is 50.9 Å². The number of rotatable bonds is 5. The number of thioether (sulfide) groups is 1. The molecule has 3 aromatic rings. The highest BCUT2D eigenvalue weighted by molar-refractivity contribution is 9.10. The summed E-state index contributed by atoms with van der Waals surface area (Å²) in [6.07, 6.45) is 0.504. The van der Waals surface area contributed by atoms with Crippen molar-refractivity contribution in [1.82, 2.24) is 0 Å². The number of halogens is 1. The van der Waals surface area contributed by atoms with Crippen molar-refractivity contribution in [3.8, 4) is 6.07 Å². The molecular formula is C27H22BrN3O2S. The SMILES string of the molecule is Cc1ccc(N2C(=O)C(Cc3cccc(C)c3)SC2=C(C#N)C(=O)Nc2ccc(Br)cc2)cc1. The first kappa shape index (κ1) is 23.8. The minimum Gasteiger partial charge on any atom is -0.321 e. The lowest BCUT2D eigenvalue weighted by Crippen LogP contribution is -2.30. The minimum atomic E-state index is -0.548. The van der Waals surface area contributed by atoms with Crippen LogP contribution in [0.4, 0.5) is 11.4 Å². The van der Waals surface area contributed by atoms with E-state index in [1.54, 1.807) is 24.3 Å². The van der Waals surface area contributed by atoms with Gasteiger partial charge in [-0.05, 0) is 62.2 Å². The van der Waals surface area contributed by atoms with Crippen LogP contribution in [0.3, 0.4) is 0 Å². The quantitative estimate of drug-likeness (QED) is 0.317. The Labute approximate surface area is 211 Å². The second kappa shape index (κ2) is 10.3. The fourth-order valence-corrected chi connectivity index (χ4v) is 5.27. The zero-order valence-corrected chi connectivity index (χ0v) is 21.1. The van der Waals surface area contributed by atoms with Gasteiger partial charge in [-0.15, -0.1) is 0 Å². The predicted octanol–water partition coefficient (Wildman–Crippen LogP) is 6.13. The van der Waals surface area contributed by atoms with Gasteiger partial charge < -0.3 is 5.32 Å². The highest BCUT2D eigenvalue weighted by atomic mass is 79.9. The Morgan fingerprint density at radius 2 is 1.76 bits per heavy atom. The van der Waals surface area contributed by atoms with E-state index in [0.29, 0.717) is 22.8 Å². The Kier molecular flexibility index (Phi) is 7.20. The molecule has 0 radical (unpaired) electrons. The first-order valence-corrected chi connectivity index (χ1v) is 12.4. The average molecular weight is 532 g/mol. The van der Waals surface area contributed by atoms with Crippen molar-refractivity contribution < 1.29 is 9.59 Å². The lowest BCUT2D eigenvalue weighted by molar-refractivity contribution is -0.117. The number of hydrogen-bond acceptors (Lipinski definition) is 4. The predicted molar refractivity (Wildman–Crippen MR) is 140 cm³/mol. The number of hydrogen-bond donors (Lipinski definition) is 1. The summed E-state index contributed by atoms with van der Waals surface area (Å²) < 4.78 is 0.880. The number of aryl methyl sites for hydroxylation is 2. The topological polar surface area (TPSA) is 73.2 Å². The smallest absolute Gasteiger partial charge is 0.269 e. The van der Waals surface area contributed by atoms with E-state index in [4.69, 9.17) is 0 Å². The molecule has 1 saturated heterocycles. The van der Waals surface area contributed by atoms with Gasteiger partial charge in [-0.25, -0.2) is 0 Å². The Morgan fingerprint density at radius 3 is 2.41 bits per heavy atom. The van der Waals surface area contributed by atoms with Gasteiger partial charge in [0.15, 0.2) is 0 Å². The minimum absolute atomic E-state index is 0.0893. The molecule has 1 heterocycles. The molecule has 1 aliphatic rings. The molecule has 1 aliphatic heterocycles. The second-order valence-electron chi connectivity index (χ2n) is 8.06. The van der Waals surface area contributed by atoms with Crippen molar-refractivity contribution in [3.05, 3.63) is 105 Å². The molecule has 4 rings (SSSR count). The molecule has 1 unspecified atom stereocenters. The molecular weight excluding hydrogens is 510 g/mol. The van der Waals surface area contributed by atoms with E-state index in [1.807, 2.05) is 62.4 Å². The highest BCUT2D eigenvalue weighted by Gasteiger charge is 2.40. The lowest BCUT2D eigenvalue weighted by atomic mass is 10.1. The normalized spacial score (nSPS) is 16.8. The van der Waals surface area contributed by atoms with Crippen LogP contribution in [-0.2, 0) is 16.0 Å². The molecule has 7 heteroatoms. The molecule has 1 fully saturated rings. The van der Waals surface area contributed by atoms with Crippen molar-refractivity contribution in [1.29, 1.82) is 5.26 Å². The number of carbonyl (C=O) groups excluding carboxylic acids is 2. The molecule has 5 nitrogen and oxygen atoms in total. The number of nitrogens with zero attached hydrogens (tertiary/aromatic N) is 2. The van der Waals surface area contributed by atoms with E-state index >= 15 is 0 Å². The maximum absolute atomic E-state index is 13.6. The van der Waals surface area contributed by atoms with Gasteiger partial charge in [-0.3, -0.25) is 14.5 Å². The third kappa shape index (κ3) is 5.24. The van der Waals surface area contributed by atoms with Crippen LogP contribution in [0.25, 0.3) is 0 Å². The summed E-state index contributed by atoms with van der Waals surface area (Å²) in [5.74, 6) is -0.692. The van der Waals surface area contributed by atoms with E-state index < -0.39 is 11.2 Å². The number of benzene rings is 3. The summed E-state index contributed by atoms with van der Waals surface area (Å²) >= 11 is 4.64. The summed E-state index contributed by atoms with van der Waals surface area (Å²) in [6, 6.07) is 24.7. The van der Waals surface area contributed by atoms with Gasteiger partial charge >= 0.3 is 0 Å². The van der Waals surface area contributed by atoms with Crippen LogP contribution in [0.15, 0.2) is 87.9 Å². The van der Waals surface area contributed by atoms with Gasteiger partial charge in [0.25, 0.3) is 5.91 Å². The first-order chi connectivity index (χ1) is 16.4. The van der Waals surface area contributed by atoms with E-state index in [1.165, 1.54) is 16.7 Å². The Hall–Kier alpha value is -3.34. The fraction of sp³-hybridized carbons (Fsp3) is 0.148. The number of nitriles is 1. The highest BCUT2D eigenvalue weighted by Crippen LogP contribution is 2.42. The molecule has 0 aliphatic carbocycles. The summed E-state index contributed by atoms with van der Waals surface area (Å²) in [7, 11) is 0. The van der Waals surface area contributed by atoms with E-state index in [9.17, 15) is 14.9 Å². The molecule has 0 bridgehead atoms. The maximum Gasteiger partial charge on any atom is 0.269 e. The van der Waals surface area contributed by atoms with Crippen molar-refractivity contribution in [3.63, 3.8) is 0 Å². The van der Waals surface area contributed by atoms with Crippen LogP contribution in [-0.4, -0.2) is 17.1 Å². The molecule has 170 valence electrons. The van der Waals surface area contributed by atoms with Crippen LogP contribution in [0.1, 0.15) is 16.7 Å². The maximum atomic E-state index is 13.6. The molecule has 2 amide bonds. The van der Waals surface area contributed by atoms with Crippen LogP contribution >= 0.6 is 27.7 Å². The summed E-state index contributed by atoms with van der Waals surface area (Å²) in [5.41, 5.74) is 4.31. The van der Waals surface area contributed by atoms with Gasteiger partial charge in [-0.1, -0.05) is 75.2 Å². The van der Waals surface area contributed by atoms with Crippen LogP contribution in [0.5, 0.6) is 0 Å². The average Bonchev–Trinajstić information content (AvgIpc) is 3.12. The third-order valence-electron chi connectivity index (χ3n) is 5.40. The number of nitrogens with one attached hydrogen (secondary N) is 1. The van der Waals surface area contributed by atoms with E-state index in [0.717, 1.165) is 21.2 Å². The van der Waals surface area contributed by atoms with Crippen molar-refractivity contribution in [2.24, 2.45) is 0 Å². The van der Waals surface area contributed by atoms with Gasteiger partial charge in [0, 0.05) is 15.8 Å². The number of amides is 2. The Bertz CT molecular complexity index is 1310. The number of carbonyl (C=O) groups is 2. The van der Waals surface area contributed by atoms with Crippen LogP contribution in [0, 0.1) is 25.2 Å². The van der Waals surface area contributed by atoms with Gasteiger partial charge in [0.05, 0.1) is 5.25 Å². The van der Waals surface area contributed by atoms with E-state index in [-0.39, 0.29) is 11.5 Å². The largest absolute Gasteiger partial charge is 0.321 e. The van der Waals surface area contributed by atoms with Gasteiger partial charge in [0.2, 0.25) is 5.91 Å². The third-order valence-corrected chi connectivity index (χ3v) is 7.19.